The Balaban J connectivity index is 0.000000208. The molecule has 150 valence electrons. The summed E-state index contributed by atoms with van der Waals surface area (Å²) in [5, 5.41) is 1.49. The molecule has 0 aliphatic heterocycles. The Morgan fingerprint density at radius 2 is 1.72 bits per heavy atom. The lowest BCUT2D eigenvalue weighted by molar-refractivity contribution is 0.0592. The standard InChI is InChI=1S/C10H7Cl2NO2.C10H8ClNO2/c1-15-10(14)8-6(11)4-7-5(9(8)12)2-3-13-7;1-3-6-8(12)5-4-7(9(6)11)10(13)14-2/h2-4,13H,1H3;1,4-5H,12H2,2H3. The molecule has 3 rings (SSSR count). The Kier molecular flexibility index (Phi) is 7.40. The predicted molar refractivity (Wildman–Crippen MR) is 115 cm³/mol. The fourth-order valence-electron chi connectivity index (χ4n) is 2.43. The van der Waals surface area contributed by atoms with Crippen molar-refractivity contribution in [3.8, 4) is 12.3 Å². The van der Waals surface area contributed by atoms with Crippen LogP contribution in [0.3, 0.4) is 0 Å². The third-order valence-corrected chi connectivity index (χ3v) is 4.94. The predicted octanol–water partition coefficient (Wildman–Crippen LogP) is 4.95. The second-order valence-electron chi connectivity index (χ2n) is 5.51. The van der Waals surface area contributed by atoms with E-state index in [-0.39, 0.29) is 21.2 Å². The van der Waals surface area contributed by atoms with E-state index in [0.29, 0.717) is 16.3 Å². The minimum atomic E-state index is -0.536. The van der Waals surface area contributed by atoms with Crippen molar-refractivity contribution >= 4 is 63.3 Å². The second-order valence-corrected chi connectivity index (χ2v) is 6.67. The number of fused-ring (bicyclic) bond motifs is 1. The zero-order valence-electron chi connectivity index (χ0n) is 15.3. The van der Waals surface area contributed by atoms with Crippen molar-refractivity contribution < 1.29 is 19.1 Å². The molecule has 29 heavy (non-hydrogen) atoms. The summed E-state index contributed by atoms with van der Waals surface area (Å²) in [6.07, 6.45) is 6.93. The van der Waals surface area contributed by atoms with Crippen LogP contribution in [0.1, 0.15) is 26.3 Å². The number of hydrogen-bond donors (Lipinski definition) is 2. The largest absolute Gasteiger partial charge is 0.465 e. The van der Waals surface area contributed by atoms with Gasteiger partial charge >= 0.3 is 11.9 Å². The highest BCUT2D eigenvalue weighted by atomic mass is 35.5. The van der Waals surface area contributed by atoms with Crippen LogP contribution >= 0.6 is 34.8 Å². The number of carbonyl (C=O) groups is 2. The molecular weight excluding hydrogens is 439 g/mol. The Labute approximate surface area is 181 Å². The van der Waals surface area contributed by atoms with E-state index in [1.807, 2.05) is 0 Å². The van der Waals surface area contributed by atoms with Gasteiger partial charge in [-0.2, -0.15) is 0 Å². The molecule has 2 aromatic carbocycles. The first kappa shape index (κ1) is 22.4. The summed E-state index contributed by atoms with van der Waals surface area (Å²) in [7, 11) is 2.56. The van der Waals surface area contributed by atoms with Crippen LogP contribution in [-0.4, -0.2) is 31.1 Å². The lowest BCUT2D eigenvalue weighted by Gasteiger charge is -2.06. The van der Waals surface area contributed by atoms with Gasteiger partial charge in [0.25, 0.3) is 0 Å². The third-order valence-electron chi connectivity index (χ3n) is 3.86. The number of nitrogen functional groups attached to an aromatic ring is 1. The maximum absolute atomic E-state index is 11.4. The van der Waals surface area contributed by atoms with Crippen molar-refractivity contribution in [3.05, 3.63) is 62.2 Å². The zero-order valence-corrected chi connectivity index (χ0v) is 17.6. The van der Waals surface area contributed by atoms with Gasteiger partial charge in [-0.3, -0.25) is 0 Å². The summed E-state index contributed by atoms with van der Waals surface area (Å²) < 4.78 is 9.13. The number of halogens is 3. The van der Waals surface area contributed by atoms with Crippen molar-refractivity contribution in [1.29, 1.82) is 0 Å². The maximum Gasteiger partial charge on any atom is 0.340 e. The number of esters is 2. The summed E-state index contributed by atoms with van der Waals surface area (Å²) in [4.78, 5) is 25.6. The average molecular weight is 454 g/mol. The van der Waals surface area contributed by atoms with Crippen LogP contribution in [0.4, 0.5) is 5.69 Å². The molecule has 3 N–H and O–H groups in total. The number of ether oxygens (including phenoxy) is 2. The highest BCUT2D eigenvalue weighted by molar-refractivity contribution is 6.43. The first-order chi connectivity index (χ1) is 13.8. The number of H-pyrrole nitrogens is 1. The van der Waals surface area contributed by atoms with E-state index in [1.54, 1.807) is 18.3 Å². The van der Waals surface area contributed by atoms with Gasteiger partial charge in [-0.1, -0.05) is 40.7 Å². The van der Waals surface area contributed by atoms with Crippen molar-refractivity contribution in [2.45, 2.75) is 0 Å². The number of carbonyl (C=O) groups excluding carboxylic acids is 2. The van der Waals surface area contributed by atoms with E-state index in [2.05, 4.69) is 20.4 Å². The zero-order chi connectivity index (χ0) is 21.7. The third kappa shape index (κ3) is 4.60. The molecule has 0 amide bonds. The van der Waals surface area contributed by atoms with E-state index < -0.39 is 11.9 Å². The minimum absolute atomic E-state index is 0.152. The van der Waals surface area contributed by atoms with E-state index in [9.17, 15) is 9.59 Å². The van der Waals surface area contributed by atoms with Crippen molar-refractivity contribution in [2.24, 2.45) is 0 Å². The molecule has 0 spiro atoms. The number of nitrogens with one attached hydrogen (secondary N) is 1. The van der Waals surface area contributed by atoms with Crippen LogP contribution in [0.25, 0.3) is 10.9 Å². The molecule has 0 fully saturated rings. The first-order valence-electron chi connectivity index (χ1n) is 7.93. The van der Waals surface area contributed by atoms with Crippen LogP contribution in [0.5, 0.6) is 0 Å². The van der Waals surface area contributed by atoms with Gasteiger partial charge in [0, 0.05) is 22.8 Å². The number of anilines is 1. The number of terminal acetylenes is 1. The molecule has 6 nitrogen and oxygen atoms in total. The van der Waals surface area contributed by atoms with Gasteiger partial charge in [0.05, 0.1) is 46.0 Å². The van der Waals surface area contributed by atoms with Gasteiger partial charge < -0.3 is 20.2 Å². The van der Waals surface area contributed by atoms with Gasteiger partial charge in [-0.15, -0.1) is 6.42 Å². The average Bonchev–Trinajstić information content (AvgIpc) is 3.17. The topological polar surface area (TPSA) is 94.4 Å². The highest BCUT2D eigenvalue weighted by Crippen LogP contribution is 2.33. The fraction of sp³-hybridized carbons (Fsp3) is 0.100. The molecule has 9 heteroatoms. The molecule has 0 atom stereocenters. The normalized spacial score (nSPS) is 9.93. The molecule has 1 heterocycles. The molecule has 0 saturated heterocycles. The molecule has 0 unspecified atom stereocenters. The number of aromatic nitrogens is 1. The van der Waals surface area contributed by atoms with E-state index in [1.165, 1.54) is 26.4 Å². The molecule has 0 radical (unpaired) electrons. The van der Waals surface area contributed by atoms with Crippen LogP contribution < -0.4 is 5.73 Å². The lowest BCUT2D eigenvalue weighted by atomic mass is 10.1. The number of methoxy groups -OCH3 is 2. The number of nitrogens with two attached hydrogens (primary N) is 1. The summed E-state index contributed by atoms with van der Waals surface area (Å²) in [6.45, 7) is 0. The van der Waals surface area contributed by atoms with E-state index in [0.717, 1.165) is 10.9 Å². The van der Waals surface area contributed by atoms with E-state index in [4.69, 9.17) is 47.0 Å². The Hall–Kier alpha value is -2.85. The van der Waals surface area contributed by atoms with Gasteiger partial charge in [0.2, 0.25) is 0 Å². The van der Waals surface area contributed by atoms with Gasteiger partial charge in [0.1, 0.15) is 0 Å². The fourth-order valence-corrected chi connectivity index (χ4v) is 3.40. The summed E-state index contributed by atoms with van der Waals surface area (Å²) in [6, 6.07) is 6.42. The number of rotatable bonds is 2. The second kappa shape index (κ2) is 9.57. The summed E-state index contributed by atoms with van der Waals surface area (Å²) in [5.41, 5.74) is 7.45. The molecule has 0 aliphatic carbocycles. The molecule has 0 saturated carbocycles. The van der Waals surface area contributed by atoms with Crippen molar-refractivity contribution in [2.75, 3.05) is 20.0 Å². The number of hydrogen-bond acceptors (Lipinski definition) is 5. The van der Waals surface area contributed by atoms with Gasteiger partial charge in [0.15, 0.2) is 0 Å². The van der Waals surface area contributed by atoms with Gasteiger partial charge in [-0.25, -0.2) is 9.59 Å². The lowest BCUT2D eigenvalue weighted by Crippen LogP contribution is -2.04. The van der Waals surface area contributed by atoms with Crippen LogP contribution in [0.15, 0.2) is 30.5 Å². The Morgan fingerprint density at radius 1 is 1.07 bits per heavy atom. The highest BCUT2D eigenvalue weighted by Gasteiger charge is 2.18. The summed E-state index contributed by atoms with van der Waals surface area (Å²) >= 11 is 17.9. The SMILES string of the molecule is C#Cc1c(N)ccc(C(=O)OC)c1Cl.COC(=O)c1c(Cl)cc2[nH]ccc2c1Cl. The van der Waals surface area contributed by atoms with Gasteiger partial charge in [-0.05, 0) is 24.3 Å². The number of benzene rings is 2. The summed E-state index contributed by atoms with van der Waals surface area (Å²) in [5.74, 6) is 1.25. The first-order valence-corrected chi connectivity index (χ1v) is 9.06. The monoisotopic (exact) mass is 452 g/mol. The van der Waals surface area contributed by atoms with Crippen LogP contribution in [-0.2, 0) is 9.47 Å². The molecule has 0 bridgehead atoms. The van der Waals surface area contributed by atoms with Crippen LogP contribution in [0, 0.1) is 12.3 Å². The molecule has 0 aliphatic rings. The smallest absolute Gasteiger partial charge is 0.340 e. The Morgan fingerprint density at radius 3 is 2.31 bits per heavy atom. The quantitative estimate of drug-likeness (QED) is 0.325. The molecule has 1 aromatic heterocycles. The van der Waals surface area contributed by atoms with Crippen molar-refractivity contribution in [3.63, 3.8) is 0 Å². The molecular formula is C20H15Cl3N2O4. The Bertz CT molecular complexity index is 1130. The van der Waals surface area contributed by atoms with Crippen molar-refractivity contribution in [1.82, 2.24) is 4.98 Å². The molecule has 3 aromatic rings. The van der Waals surface area contributed by atoms with E-state index >= 15 is 0 Å². The van der Waals surface area contributed by atoms with Crippen LogP contribution in [0.2, 0.25) is 15.1 Å². The maximum atomic E-state index is 11.4. The minimum Gasteiger partial charge on any atom is -0.465 e. The number of aromatic amines is 1.